The van der Waals surface area contributed by atoms with Crippen LogP contribution in [0.3, 0.4) is 0 Å². The first-order chi connectivity index (χ1) is 12.6. The number of carbonyl (C=O) groups is 1. The van der Waals surface area contributed by atoms with Gasteiger partial charge in [-0.05, 0) is 12.0 Å². The summed E-state index contributed by atoms with van der Waals surface area (Å²) in [6, 6.07) is 9.79. The minimum Gasteiger partial charge on any atom is -0.481 e. The molecule has 0 bridgehead atoms. The standard InChI is InChI=1S/C19H18N2O3S2/c1-2-10-21-18(24)16-14(13-7-4-3-5-8-13)12-26-17(16)20-19(21)25-11-6-9-15(22)23/h2-5,7-8,12H,1,6,9-11H2,(H,22,23). The molecule has 0 saturated heterocycles. The van der Waals surface area contributed by atoms with Crippen molar-refractivity contribution < 1.29 is 9.90 Å². The second-order valence-electron chi connectivity index (χ2n) is 5.64. The van der Waals surface area contributed by atoms with Gasteiger partial charge in [-0.3, -0.25) is 14.2 Å². The lowest BCUT2D eigenvalue weighted by Crippen LogP contribution is -2.22. The van der Waals surface area contributed by atoms with Gasteiger partial charge in [0.1, 0.15) is 4.83 Å². The van der Waals surface area contributed by atoms with E-state index in [0.717, 1.165) is 11.1 Å². The summed E-state index contributed by atoms with van der Waals surface area (Å²) in [6.07, 6.45) is 2.31. The molecule has 2 heterocycles. The first kappa shape index (κ1) is 18.4. The average Bonchev–Trinajstić information content (AvgIpc) is 3.06. The Kier molecular flexibility index (Phi) is 5.90. The van der Waals surface area contributed by atoms with Gasteiger partial charge in [-0.25, -0.2) is 4.98 Å². The summed E-state index contributed by atoms with van der Waals surface area (Å²) in [6.45, 7) is 4.10. The van der Waals surface area contributed by atoms with Crippen molar-refractivity contribution >= 4 is 39.3 Å². The van der Waals surface area contributed by atoms with E-state index in [4.69, 9.17) is 5.11 Å². The van der Waals surface area contributed by atoms with Crippen LogP contribution in [0.1, 0.15) is 12.8 Å². The highest BCUT2D eigenvalue weighted by molar-refractivity contribution is 7.99. The number of aliphatic carboxylic acids is 1. The van der Waals surface area contributed by atoms with Crippen LogP contribution in [0.5, 0.6) is 0 Å². The van der Waals surface area contributed by atoms with E-state index in [1.807, 2.05) is 35.7 Å². The third-order valence-electron chi connectivity index (χ3n) is 3.82. The van der Waals surface area contributed by atoms with Crippen molar-refractivity contribution in [3.8, 4) is 11.1 Å². The summed E-state index contributed by atoms with van der Waals surface area (Å²) in [5.74, 6) is -0.221. The number of carboxylic acids is 1. The molecule has 1 aromatic carbocycles. The van der Waals surface area contributed by atoms with Crippen LogP contribution in [-0.4, -0.2) is 26.4 Å². The monoisotopic (exact) mass is 386 g/mol. The van der Waals surface area contributed by atoms with Crippen molar-refractivity contribution in [2.45, 2.75) is 24.5 Å². The fourth-order valence-electron chi connectivity index (χ4n) is 2.62. The predicted molar refractivity (Wildman–Crippen MR) is 107 cm³/mol. The molecule has 2 aromatic heterocycles. The van der Waals surface area contributed by atoms with E-state index in [1.165, 1.54) is 23.1 Å². The highest BCUT2D eigenvalue weighted by Crippen LogP contribution is 2.32. The molecule has 0 atom stereocenters. The molecule has 0 aliphatic rings. The van der Waals surface area contributed by atoms with Crippen molar-refractivity contribution in [3.63, 3.8) is 0 Å². The molecule has 134 valence electrons. The number of thiophene rings is 1. The van der Waals surface area contributed by atoms with Gasteiger partial charge < -0.3 is 5.11 Å². The maximum absolute atomic E-state index is 13.1. The topological polar surface area (TPSA) is 72.2 Å². The molecule has 0 radical (unpaired) electrons. The van der Waals surface area contributed by atoms with Crippen LogP contribution < -0.4 is 5.56 Å². The van der Waals surface area contributed by atoms with Crippen LogP contribution in [0, 0.1) is 0 Å². The van der Waals surface area contributed by atoms with Gasteiger partial charge in [0.25, 0.3) is 5.56 Å². The van der Waals surface area contributed by atoms with Crippen LogP contribution in [0.25, 0.3) is 21.3 Å². The molecule has 0 amide bonds. The van der Waals surface area contributed by atoms with Crippen LogP contribution in [-0.2, 0) is 11.3 Å². The molecular weight excluding hydrogens is 368 g/mol. The Labute approximate surface area is 159 Å². The van der Waals surface area contributed by atoms with E-state index in [9.17, 15) is 9.59 Å². The third-order valence-corrected chi connectivity index (χ3v) is 5.76. The lowest BCUT2D eigenvalue weighted by atomic mass is 10.1. The SMILES string of the molecule is C=CCn1c(SCCCC(=O)O)nc2scc(-c3ccccc3)c2c1=O. The Balaban J connectivity index is 2.02. The van der Waals surface area contributed by atoms with Crippen LogP contribution >= 0.6 is 23.1 Å². The van der Waals surface area contributed by atoms with E-state index in [-0.39, 0.29) is 12.0 Å². The fourth-order valence-corrected chi connectivity index (χ4v) is 4.56. The smallest absolute Gasteiger partial charge is 0.303 e. The van der Waals surface area contributed by atoms with Gasteiger partial charge in [0.15, 0.2) is 5.16 Å². The Morgan fingerprint density at radius 3 is 2.81 bits per heavy atom. The Morgan fingerprint density at radius 2 is 2.12 bits per heavy atom. The van der Waals surface area contributed by atoms with Crippen molar-refractivity contribution in [2.24, 2.45) is 0 Å². The largest absolute Gasteiger partial charge is 0.481 e. The molecule has 0 unspecified atom stereocenters. The summed E-state index contributed by atoms with van der Waals surface area (Å²) in [5.41, 5.74) is 1.80. The van der Waals surface area contributed by atoms with E-state index < -0.39 is 5.97 Å². The zero-order valence-electron chi connectivity index (χ0n) is 14.1. The van der Waals surface area contributed by atoms with E-state index in [1.54, 1.807) is 10.6 Å². The number of fused-ring (bicyclic) bond motifs is 1. The van der Waals surface area contributed by atoms with Gasteiger partial charge >= 0.3 is 5.97 Å². The predicted octanol–water partition coefficient (Wildman–Crippen LogP) is 4.27. The first-order valence-electron chi connectivity index (χ1n) is 8.14. The second kappa shape index (κ2) is 8.33. The van der Waals surface area contributed by atoms with Gasteiger partial charge in [-0.15, -0.1) is 17.9 Å². The third kappa shape index (κ3) is 3.89. The number of nitrogens with zero attached hydrogens (tertiary/aromatic N) is 2. The van der Waals surface area contributed by atoms with E-state index >= 15 is 0 Å². The highest BCUT2D eigenvalue weighted by atomic mass is 32.2. The summed E-state index contributed by atoms with van der Waals surface area (Å²) in [4.78, 5) is 29.1. The van der Waals surface area contributed by atoms with Gasteiger partial charge in [-0.1, -0.05) is 48.2 Å². The normalized spacial score (nSPS) is 10.9. The molecule has 0 aliphatic heterocycles. The molecule has 5 nitrogen and oxygen atoms in total. The fraction of sp³-hybridized carbons (Fsp3) is 0.211. The molecule has 3 aromatic rings. The maximum atomic E-state index is 13.1. The molecule has 7 heteroatoms. The molecule has 0 saturated carbocycles. The quantitative estimate of drug-likeness (QED) is 0.271. The van der Waals surface area contributed by atoms with E-state index in [0.29, 0.717) is 34.1 Å². The first-order valence-corrected chi connectivity index (χ1v) is 10.0. The van der Waals surface area contributed by atoms with Crippen molar-refractivity contribution in [3.05, 3.63) is 58.7 Å². The molecule has 1 N–H and O–H groups in total. The van der Waals surface area contributed by atoms with Crippen molar-refractivity contribution in [1.29, 1.82) is 0 Å². The minimum atomic E-state index is -0.816. The minimum absolute atomic E-state index is 0.0873. The number of allylic oxidation sites excluding steroid dienone is 1. The van der Waals surface area contributed by atoms with Crippen molar-refractivity contribution in [1.82, 2.24) is 9.55 Å². The molecule has 0 fully saturated rings. The Morgan fingerprint density at radius 1 is 1.35 bits per heavy atom. The number of thioether (sulfide) groups is 1. The number of carboxylic acid groups (broad SMARTS) is 1. The lowest BCUT2D eigenvalue weighted by molar-refractivity contribution is -0.137. The summed E-state index contributed by atoms with van der Waals surface area (Å²) < 4.78 is 1.61. The molecular formula is C19H18N2O3S2. The zero-order valence-corrected chi connectivity index (χ0v) is 15.7. The second-order valence-corrected chi connectivity index (χ2v) is 7.56. The Bertz CT molecular complexity index is 993. The van der Waals surface area contributed by atoms with Gasteiger partial charge in [-0.2, -0.15) is 0 Å². The van der Waals surface area contributed by atoms with Crippen LogP contribution in [0.15, 0.2) is 58.3 Å². The number of hydrogen-bond acceptors (Lipinski definition) is 5. The lowest BCUT2D eigenvalue weighted by Gasteiger charge is -2.10. The zero-order chi connectivity index (χ0) is 18.5. The number of benzene rings is 1. The van der Waals surface area contributed by atoms with E-state index in [2.05, 4.69) is 11.6 Å². The number of rotatable bonds is 8. The van der Waals surface area contributed by atoms with Crippen LogP contribution in [0.4, 0.5) is 0 Å². The molecule has 0 spiro atoms. The summed E-state index contributed by atoms with van der Waals surface area (Å²) >= 11 is 2.86. The summed E-state index contributed by atoms with van der Waals surface area (Å²) in [7, 11) is 0. The Hall–Kier alpha value is -2.38. The molecule has 0 aliphatic carbocycles. The maximum Gasteiger partial charge on any atom is 0.303 e. The number of hydrogen-bond donors (Lipinski definition) is 1. The van der Waals surface area contributed by atoms with Crippen LogP contribution in [0.2, 0.25) is 0 Å². The number of aromatic nitrogens is 2. The van der Waals surface area contributed by atoms with Gasteiger partial charge in [0.05, 0.1) is 5.39 Å². The van der Waals surface area contributed by atoms with Crippen molar-refractivity contribution in [2.75, 3.05) is 5.75 Å². The average molecular weight is 386 g/mol. The highest BCUT2D eigenvalue weighted by Gasteiger charge is 2.16. The molecule has 3 rings (SSSR count). The van der Waals surface area contributed by atoms with Gasteiger partial charge in [0, 0.05) is 29.7 Å². The summed E-state index contributed by atoms with van der Waals surface area (Å²) in [5, 5.41) is 11.9. The molecule has 26 heavy (non-hydrogen) atoms. The van der Waals surface area contributed by atoms with Gasteiger partial charge in [0.2, 0.25) is 0 Å².